The zero-order valence-corrected chi connectivity index (χ0v) is 12.8. The van der Waals surface area contributed by atoms with E-state index in [-0.39, 0.29) is 5.82 Å². The molecular weight excluding hydrogens is 267 g/mol. The Kier molecular flexibility index (Phi) is 6.24. The van der Waals surface area contributed by atoms with Crippen LogP contribution in [-0.2, 0) is 0 Å². The zero-order chi connectivity index (χ0) is 15.1. The quantitative estimate of drug-likeness (QED) is 0.597. The Morgan fingerprint density at radius 3 is 2.52 bits per heavy atom. The third kappa shape index (κ3) is 4.85. The minimum atomic E-state index is -0.587. The van der Waals surface area contributed by atoms with Crippen LogP contribution in [0.3, 0.4) is 0 Å². The third-order valence-electron chi connectivity index (χ3n) is 3.91. The second-order valence-corrected chi connectivity index (χ2v) is 5.76. The Labute approximate surface area is 126 Å². The summed E-state index contributed by atoms with van der Waals surface area (Å²) in [5.41, 5.74) is 0.630. The minimum Gasteiger partial charge on any atom is -0.458 e. The highest BCUT2D eigenvalue weighted by molar-refractivity contribution is 5.77. The van der Waals surface area contributed by atoms with Gasteiger partial charge in [-0.25, -0.2) is 4.39 Å². The van der Waals surface area contributed by atoms with Crippen molar-refractivity contribution in [3.05, 3.63) is 35.8 Å². The number of halogens is 1. The molecule has 0 fully saturated rings. The van der Waals surface area contributed by atoms with E-state index in [1.54, 1.807) is 12.1 Å². The van der Waals surface area contributed by atoms with Crippen LogP contribution < -0.4 is 0 Å². The van der Waals surface area contributed by atoms with Crippen molar-refractivity contribution in [3.63, 3.8) is 0 Å². The summed E-state index contributed by atoms with van der Waals surface area (Å²) in [5, 5.41) is 10.9. The lowest BCUT2D eigenvalue weighted by Crippen LogP contribution is -1.95. The summed E-state index contributed by atoms with van der Waals surface area (Å²) in [6, 6.07) is 6.15. The average Bonchev–Trinajstić information content (AvgIpc) is 2.89. The first-order valence-electron chi connectivity index (χ1n) is 8.07. The summed E-state index contributed by atoms with van der Waals surface area (Å²) in [5.74, 6) is 0.262. The van der Waals surface area contributed by atoms with Crippen LogP contribution in [0.15, 0.2) is 28.7 Å². The van der Waals surface area contributed by atoms with E-state index in [2.05, 4.69) is 6.92 Å². The normalized spacial score (nSPS) is 12.9. The second-order valence-electron chi connectivity index (χ2n) is 5.76. The minimum absolute atomic E-state index is 0.281. The van der Waals surface area contributed by atoms with Crippen molar-refractivity contribution >= 4 is 11.0 Å². The van der Waals surface area contributed by atoms with Gasteiger partial charge in [-0.15, -0.1) is 0 Å². The van der Waals surface area contributed by atoms with E-state index in [9.17, 15) is 9.50 Å². The van der Waals surface area contributed by atoms with Gasteiger partial charge in [0.05, 0.1) is 0 Å². The van der Waals surface area contributed by atoms with Crippen molar-refractivity contribution in [1.82, 2.24) is 0 Å². The fourth-order valence-electron chi connectivity index (χ4n) is 2.64. The SMILES string of the molecule is CCCCCCCCCC(O)c1cc2cc(F)ccc2o1. The molecule has 0 saturated heterocycles. The Morgan fingerprint density at radius 2 is 1.76 bits per heavy atom. The number of aliphatic hydroxyl groups is 1. The Hall–Kier alpha value is -1.35. The number of fused-ring (bicyclic) bond motifs is 1. The molecule has 3 heteroatoms. The van der Waals surface area contributed by atoms with Crippen LogP contribution in [0.1, 0.15) is 70.2 Å². The standard InChI is InChI=1S/C18H25FO2/c1-2-3-4-5-6-7-8-9-16(20)18-13-14-12-15(19)10-11-17(14)21-18/h10-13,16,20H,2-9H2,1H3. The van der Waals surface area contributed by atoms with Gasteiger partial charge < -0.3 is 9.52 Å². The van der Waals surface area contributed by atoms with Gasteiger partial charge in [-0.2, -0.15) is 0 Å². The van der Waals surface area contributed by atoms with Gasteiger partial charge in [0, 0.05) is 5.39 Å². The van der Waals surface area contributed by atoms with E-state index in [4.69, 9.17) is 4.42 Å². The molecule has 1 aromatic carbocycles. The molecular formula is C18H25FO2. The highest BCUT2D eigenvalue weighted by atomic mass is 19.1. The molecule has 2 rings (SSSR count). The molecule has 1 heterocycles. The number of unbranched alkanes of at least 4 members (excludes halogenated alkanes) is 6. The van der Waals surface area contributed by atoms with Gasteiger partial charge in [0.25, 0.3) is 0 Å². The highest BCUT2D eigenvalue weighted by Gasteiger charge is 2.13. The first-order chi connectivity index (χ1) is 10.2. The topological polar surface area (TPSA) is 33.4 Å². The van der Waals surface area contributed by atoms with Gasteiger partial charge in [-0.05, 0) is 30.7 Å². The van der Waals surface area contributed by atoms with E-state index in [0.29, 0.717) is 23.2 Å². The van der Waals surface area contributed by atoms with E-state index in [1.807, 2.05) is 0 Å². The fourth-order valence-corrected chi connectivity index (χ4v) is 2.64. The molecule has 2 aromatic rings. The molecule has 0 spiro atoms. The van der Waals surface area contributed by atoms with Crippen LogP contribution in [0.4, 0.5) is 4.39 Å². The summed E-state index contributed by atoms with van der Waals surface area (Å²) < 4.78 is 18.7. The van der Waals surface area contributed by atoms with Gasteiger partial charge in [-0.1, -0.05) is 51.9 Å². The number of aliphatic hydroxyl groups excluding tert-OH is 1. The van der Waals surface area contributed by atoms with Crippen molar-refractivity contribution in [2.75, 3.05) is 0 Å². The predicted octanol–water partition coefficient (Wildman–Crippen LogP) is 5.75. The molecule has 0 saturated carbocycles. The van der Waals surface area contributed by atoms with Gasteiger partial charge in [0.1, 0.15) is 23.3 Å². The van der Waals surface area contributed by atoms with E-state index in [1.165, 1.54) is 44.2 Å². The van der Waals surface area contributed by atoms with E-state index in [0.717, 1.165) is 12.8 Å². The molecule has 1 unspecified atom stereocenters. The highest BCUT2D eigenvalue weighted by Crippen LogP contribution is 2.27. The van der Waals surface area contributed by atoms with Crippen LogP contribution >= 0.6 is 0 Å². The molecule has 0 radical (unpaired) electrons. The number of hydrogen-bond acceptors (Lipinski definition) is 2. The average molecular weight is 292 g/mol. The summed E-state index contributed by atoms with van der Waals surface area (Å²) in [4.78, 5) is 0. The second kappa shape index (κ2) is 8.18. The molecule has 1 N–H and O–H groups in total. The Morgan fingerprint density at radius 1 is 1.05 bits per heavy atom. The maximum atomic E-state index is 13.1. The van der Waals surface area contributed by atoms with E-state index < -0.39 is 6.10 Å². The molecule has 0 aliphatic rings. The number of hydrogen-bond donors (Lipinski definition) is 1. The molecule has 0 bridgehead atoms. The lowest BCUT2D eigenvalue weighted by Gasteiger charge is -2.07. The molecule has 0 amide bonds. The van der Waals surface area contributed by atoms with Crippen LogP contribution in [0.25, 0.3) is 11.0 Å². The summed E-state index contributed by atoms with van der Waals surface area (Å²) in [6.07, 6.45) is 8.68. The Bertz CT molecular complexity index is 547. The monoisotopic (exact) mass is 292 g/mol. The van der Waals surface area contributed by atoms with Crippen molar-refractivity contribution in [2.45, 2.75) is 64.4 Å². The lowest BCUT2D eigenvalue weighted by atomic mass is 10.1. The van der Waals surface area contributed by atoms with Gasteiger partial charge >= 0.3 is 0 Å². The largest absolute Gasteiger partial charge is 0.458 e. The van der Waals surface area contributed by atoms with Gasteiger partial charge in [0.2, 0.25) is 0 Å². The molecule has 1 atom stereocenters. The molecule has 0 aliphatic carbocycles. The molecule has 21 heavy (non-hydrogen) atoms. The maximum Gasteiger partial charge on any atom is 0.134 e. The molecule has 1 aromatic heterocycles. The van der Waals surface area contributed by atoms with Gasteiger partial charge in [-0.3, -0.25) is 0 Å². The van der Waals surface area contributed by atoms with Crippen LogP contribution in [0, 0.1) is 5.82 Å². The third-order valence-corrected chi connectivity index (χ3v) is 3.91. The lowest BCUT2D eigenvalue weighted by molar-refractivity contribution is 0.139. The number of furan rings is 1. The predicted molar refractivity (Wildman–Crippen MR) is 83.7 cm³/mol. The van der Waals surface area contributed by atoms with Crippen LogP contribution in [0.5, 0.6) is 0 Å². The van der Waals surface area contributed by atoms with E-state index >= 15 is 0 Å². The zero-order valence-electron chi connectivity index (χ0n) is 12.8. The fraction of sp³-hybridized carbons (Fsp3) is 0.556. The van der Waals surface area contributed by atoms with Crippen molar-refractivity contribution in [3.8, 4) is 0 Å². The molecule has 116 valence electrons. The van der Waals surface area contributed by atoms with Gasteiger partial charge in [0.15, 0.2) is 0 Å². The summed E-state index contributed by atoms with van der Waals surface area (Å²) in [6.45, 7) is 2.22. The number of benzene rings is 1. The maximum absolute atomic E-state index is 13.1. The van der Waals surface area contributed by atoms with Crippen LogP contribution in [0.2, 0.25) is 0 Å². The van der Waals surface area contributed by atoms with Crippen molar-refractivity contribution < 1.29 is 13.9 Å². The molecule has 0 aliphatic heterocycles. The first kappa shape index (κ1) is 16.0. The Balaban J connectivity index is 1.75. The number of rotatable bonds is 9. The van der Waals surface area contributed by atoms with Crippen molar-refractivity contribution in [2.24, 2.45) is 0 Å². The smallest absolute Gasteiger partial charge is 0.134 e. The first-order valence-corrected chi connectivity index (χ1v) is 8.07. The van der Waals surface area contributed by atoms with Crippen molar-refractivity contribution in [1.29, 1.82) is 0 Å². The van der Waals surface area contributed by atoms with Crippen LogP contribution in [-0.4, -0.2) is 5.11 Å². The summed E-state index contributed by atoms with van der Waals surface area (Å²) >= 11 is 0. The molecule has 2 nitrogen and oxygen atoms in total. The summed E-state index contributed by atoms with van der Waals surface area (Å²) in [7, 11) is 0.